The minimum absolute atomic E-state index is 0.0370. The van der Waals surface area contributed by atoms with Crippen LogP contribution in [-0.2, 0) is 4.79 Å². The molecular formula is C8H14N2O. The van der Waals surface area contributed by atoms with Crippen LogP contribution in [0.2, 0.25) is 0 Å². The largest absolute Gasteiger partial charge is 0.351 e. The van der Waals surface area contributed by atoms with Crippen molar-refractivity contribution in [2.24, 2.45) is 0 Å². The lowest BCUT2D eigenvalue weighted by molar-refractivity contribution is -0.122. The number of rotatable bonds is 3. The lowest BCUT2D eigenvalue weighted by Crippen LogP contribution is -2.40. The summed E-state index contributed by atoms with van der Waals surface area (Å²) in [6.45, 7) is 5.06. The second-order valence-corrected chi connectivity index (χ2v) is 2.68. The fourth-order valence-electron chi connectivity index (χ4n) is 1.20. The Hall–Kier alpha value is -0.830. The van der Waals surface area contributed by atoms with Gasteiger partial charge in [0, 0.05) is 6.54 Å². The van der Waals surface area contributed by atoms with Crippen molar-refractivity contribution in [3.63, 3.8) is 0 Å². The Kier molecular flexibility index (Phi) is 3.11. The Bertz CT molecular complexity index is 150. The van der Waals surface area contributed by atoms with E-state index in [0.717, 1.165) is 19.4 Å². The van der Waals surface area contributed by atoms with Gasteiger partial charge in [-0.15, -0.1) is 6.58 Å². The van der Waals surface area contributed by atoms with Crippen molar-refractivity contribution in [1.82, 2.24) is 10.6 Å². The van der Waals surface area contributed by atoms with Gasteiger partial charge < -0.3 is 10.6 Å². The molecule has 1 amide bonds. The van der Waals surface area contributed by atoms with Gasteiger partial charge in [0.05, 0.1) is 6.04 Å². The molecule has 1 atom stereocenters. The highest BCUT2D eigenvalue weighted by Gasteiger charge is 2.20. The van der Waals surface area contributed by atoms with Crippen molar-refractivity contribution in [1.29, 1.82) is 0 Å². The maximum atomic E-state index is 11.2. The van der Waals surface area contributed by atoms with E-state index >= 15 is 0 Å². The molecule has 1 saturated heterocycles. The molecule has 3 heteroatoms. The highest BCUT2D eigenvalue weighted by molar-refractivity contribution is 5.82. The zero-order valence-corrected chi connectivity index (χ0v) is 6.60. The molecule has 0 saturated carbocycles. The van der Waals surface area contributed by atoms with Crippen LogP contribution < -0.4 is 10.6 Å². The number of carbonyl (C=O) groups is 1. The molecule has 62 valence electrons. The first-order chi connectivity index (χ1) is 5.34. The van der Waals surface area contributed by atoms with E-state index in [-0.39, 0.29) is 11.9 Å². The van der Waals surface area contributed by atoms with Gasteiger partial charge in [-0.2, -0.15) is 0 Å². The van der Waals surface area contributed by atoms with Crippen molar-refractivity contribution in [2.45, 2.75) is 18.9 Å². The monoisotopic (exact) mass is 154 g/mol. The summed E-state index contributed by atoms with van der Waals surface area (Å²) in [4.78, 5) is 11.2. The first-order valence-corrected chi connectivity index (χ1v) is 3.96. The molecule has 11 heavy (non-hydrogen) atoms. The molecule has 1 rings (SSSR count). The van der Waals surface area contributed by atoms with Gasteiger partial charge in [0.1, 0.15) is 0 Å². The standard InChI is InChI=1S/C8H14N2O/c1-2-5-10-8(11)7-4-3-6-9-7/h2,7,9H,1,3-6H2,(H,10,11)/t7-/m0/s1. The Morgan fingerprint density at radius 1 is 1.82 bits per heavy atom. The van der Waals surface area contributed by atoms with Crippen LogP contribution in [0.15, 0.2) is 12.7 Å². The first kappa shape index (κ1) is 8.27. The van der Waals surface area contributed by atoms with Gasteiger partial charge >= 0.3 is 0 Å². The van der Waals surface area contributed by atoms with E-state index in [1.807, 2.05) is 0 Å². The van der Waals surface area contributed by atoms with Crippen LogP contribution in [0, 0.1) is 0 Å². The van der Waals surface area contributed by atoms with Gasteiger partial charge in [0.15, 0.2) is 0 Å². The predicted octanol–water partition coefficient (Wildman–Crippen LogP) is 0.0406. The summed E-state index contributed by atoms with van der Waals surface area (Å²) in [6, 6.07) is 0.0370. The van der Waals surface area contributed by atoms with Gasteiger partial charge in [0.2, 0.25) is 5.91 Å². The van der Waals surface area contributed by atoms with Crippen LogP contribution in [0.25, 0.3) is 0 Å². The number of hydrogen-bond acceptors (Lipinski definition) is 2. The maximum Gasteiger partial charge on any atom is 0.237 e. The summed E-state index contributed by atoms with van der Waals surface area (Å²) < 4.78 is 0. The summed E-state index contributed by atoms with van der Waals surface area (Å²) in [7, 11) is 0. The summed E-state index contributed by atoms with van der Waals surface area (Å²) in [6.07, 6.45) is 3.75. The average molecular weight is 154 g/mol. The summed E-state index contributed by atoms with van der Waals surface area (Å²) in [5.74, 6) is 0.0994. The molecule has 0 spiro atoms. The third kappa shape index (κ3) is 2.35. The minimum atomic E-state index is 0.0370. The van der Waals surface area contributed by atoms with E-state index < -0.39 is 0 Å². The van der Waals surface area contributed by atoms with Crippen molar-refractivity contribution in [3.05, 3.63) is 12.7 Å². The maximum absolute atomic E-state index is 11.2. The number of nitrogens with one attached hydrogen (secondary N) is 2. The molecule has 0 aromatic heterocycles. The second-order valence-electron chi connectivity index (χ2n) is 2.68. The Labute approximate surface area is 66.9 Å². The fraction of sp³-hybridized carbons (Fsp3) is 0.625. The molecule has 0 radical (unpaired) electrons. The number of carbonyl (C=O) groups excluding carboxylic acids is 1. The van der Waals surface area contributed by atoms with Crippen molar-refractivity contribution >= 4 is 5.91 Å². The predicted molar refractivity (Wildman–Crippen MR) is 44.2 cm³/mol. The molecule has 0 aliphatic carbocycles. The van der Waals surface area contributed by atoms with E-state index in [1.54, 1.807) is 6.08 Å². The zero-order valence-electron chi connectivity index (χ0n) is 6.60. The quantitative estimate of drug-likeness (QED) is 0.563. The van der Waals surface area contributed by atoms with Gasteiger partial charge in [-0.3, -0.25) is 4.79 Å². The molecule has 1 heterocycles. The SMILES string of the molecule is C=CCNC(=O)[C@@H]1CCCN1. The van der Waals surface area contributed by atoms with E-state index in [0.29, 0.717) is 6.54 Å². The van der Waals surface area contributed by atoms with E-state index in [9.17, 15) is 4.79 Å². The smallest absolute Gasteiger partial charge is 0.237 e. The third-order valence-electron chi connectivity index (χ3n) is 1.80. The molecular weight excluding hydrogens is 140 g/mol. The van der Waals surface area contributed by atoms with Crippen molar-refractivity contribution in [2.75, 3.05) is 13.1 Å². The Balaban J connectivity index is 2.22. The molecule has 0 unspecified atom stereocenters. The molecule has 0 bridgehead atoms. The van der Waals surface area contributed by atoms with Gasteiger partial charge in [0.25, 0.3) is 0 Å². The van der Waals surface area contributed by atoms with Crippen LogP contribution in [0.3, 0.4) is 0 Å². The van der Waals surface area contributed by atoms with Crippen LogP contribution in [-0.4, -0.2) is 25.0 Å². The molecule has 0 aromatic carbocycles. The number of hydrogen-bond donors (Lipinski definition) is 2. The second kappa shape index (κ2) is 4.13. The van der Waals surface area contributed by atoms with Gasteiger partial charge in [-0.1, -0.05) is 6.08 Å². The van der Waals surface area contributed by atoms with Gasteiger partial charge in [-0.25, -0.2) is 0 Å². The van der Waals surface area contributed by atoms with E-state index in [2.05, 4.69) is 17.2 Å². The first-order valence-electron chi connectivity index (χ1n) is 3.96. The topological polar surface area (TPSA) is 41.1 Å². The van der Waals surface area contributed by atoms with Crippen LogP contribution in [0.4, 0.5) is 0 Å². The molecule has 1 aliphatic rings. The highest BCUT2D eigenvalue weighted by atomic mass is 16.2. The van der Waals surface area contributed by atoms with Crippen LogP contribution >= 0.6 is 0 Å². The molecule has 2 N–H and O–H groups in total. The normalized spacial score (nSPS) is 23.1. The summed E-state index contributed by atoms with van der Waals surface area (Å²) in [5.41, 5.74) is 0. The van der Waals surface area contributed by atoms with E-state index in [1.165, 1.54) is 0 Å². The highest BCUT2D eigenvalue weighted by Crippen LogP contribution is 2.03. The van der Waals surface area contributed by atoms with Crippen molar-refractivity contribution < 1.29 is 4.79 Å². The average Bonchev–Trinajstić information content (AvgIpc) is 2.52. The van der Waals surface area contributed by atoms with Crippen LogP contribution in [0.1, 0.15) is 12.8 Å². The zero-order chi connectivity index (χ0) is 8.10. The third-order valence-corrected chi connectivity index (χ3v) is 1.80. The fourth-order valence-corrected chi connectivity index (χ4v) is 1.20. The molecule has 3 nitrogen and oxygen atoms in total. The summed E-state index contributed by atoms with van der Waals surface area (Å²) >= 11 is 0. The molecule has 0 aromatic rings. The Morgan fingerprint density at radius 3 is 3.18 bits per heavy atom. The molecule has 1 aliphatic heterocycles. The lowest BCUT2D eigenvalue weighted by atomic mass is 10.2. The Morgan fingerprint density at radius 2 is 2.64 bits per heavy atom. The minimum Gasteiger partial charge on any atom is -0.351 e. The number of amides is 1. The van der Waals surface area contributed by atoms with Crippen molar-refractivity contribution in [3.8, 4) is 0 Å². The van der Waals surface area contributed by atoms with E-state index in [4.69, 9.17) is 0 Å². The lowest BCUT2D eigenvalue weighted by Gasteiger charge is -2.08. The van der Waals surface area contributed by atoms with Gasteiger partial charge in [-0.05, 0) is 19.4 Å². The molecule has 1 fully saturated rings. The summed E-state index contributed by atoms with van der Waals surface area (Å²) in [5, 5.41) is 5.87. The van der Waals surface area contributed by atoms with Crippen LogP contribution in [0.5, 0.6) is 0 Å².